The number of likely N-dealkylation sites (N-methyl/N-ethyl adjacent to an activating group) is 1. The van der Waals surface area contributed by atoms with Crippen molar-refractivity contribution < 1.29 is 9.59 Å². The average Bonchev–Trinajstić information content (AvgIpc) is 3.31. The molecule has 2 aliphatic carbocycles. The summed E-state index contributed by atoms with van der Waals surface area (Å²) in [5, 5.41) is 3.18. The molecule has 4 aliphatic rings. The van der Waals surface area contributed by atoms with Gasteiger partial charge in [0, 0.05) is 38.5 Å². The van der Waals surface area contributed by atoms with E-state index >= 15 is 0 Å². The molecule has 3 fully saturated rings. The molecule has 0 aromatic heterocycles. The van der Waals surface area contributed by atoms with Crippen molar-refractivity contribution in [2.45, 2.75) is 63.5 Å². The lowest BCUT2D eigenvalue weighted by Crippen LogP contribution is -2.47. The molecule has 0 aromatic carbocycles. The minimum atomic E-state index is -0.590. The van der Waals surface area contributed by atoms with Gasteiger partial charge in [-0.1, -0.05) is 19.8 Å². The van der Waals surface area contributed by atoms with Crippen molar-refractivity contribution in [1.29, 1.82) is 0 Å². The molecular weight excluding hydrogens is 304 g/mol. The van der Waals surface area contributed by atoms with E-state index in [4.69, 9.17) is 4.99 Å². The molecule has 6 nitrogen and oxygen atoms in total. The first kappa shape index (κ1) is 15.9. The minimum absolute atomic E-state index is 0.0601. The third-order valence-corrected chi connectivity index (χ3v) is 6.63. The molecule has 1 N–H and O–H groups in total. The van der Waals surface area contributed by atoms with Gasteiger partial charge in [-0.3, -0.25) is 9.79 Å². The van der Waals surface area contributed by atoms with Crippen LogP contribution in [0, 0.1) is 11.8 Å². The van der Waals surface area contributed by atoms with Gasteiger partial charge in [0.2, 0.25) is 0 Å². The topological polar surface area (TPSA) is 65.0 Å². The highest BCUT2D eigenvalue weighted by molar-refractivity contribution is 6.08. The molecule has 132 valence electrons. The molecule has 1 saturated heterocycles. The van der Waals surface area contributed by atoms with Crippen molar-refractivity contribution in [3.05, 3.63) is 0 Å². The van der Waals surface area contributed by atoms with Gasteiger partial charge >= 0.3 is 6.03 Å². The van der Waals surface area contributed by atoms with Crippen LogP contribution in [0.5, 0.6) is 0 Å². The van der Waals surface area contributed by atoms with Gasteiger partial charge in [-0.2, -0.15) is 0 Å². The van der Waals surface area contributed by atoms with E-state index in [9.17, 15) is 9.59 Å². The number of rotatable bonds is 2. The Morgan fingerprint density at radius 3 is 2.71 bits per heavy atom. The SMILES string of the molecule is CCC1=N[C@@]2(CC[C@@H]3CN(C(=O)NC4CCCC4)C[C@H]32)C(=O)N1C. The maximum atomic E-state index is 12.9. The summed E-state index contributed by atoms with van der Waals surface area (Å²) in [6, 6.07) is 0.404. The van der Waals surface area contributed by atoms with Gasteiger partial charge in [0.15, 0.2) is 0 Å². The predicted octanol–water partition coefficient (Wildman–Crippen LogP) is 2.00. The fourth-order valence-corrected chi connectivity index (χ4v) is 5.28. The number of carbonyl (C=O) groups excluding carboxylic acids is 2. The Hall–Kier alpha value is -1.59. The van der Waals surface area contributed by atoms with Gasteiger partial charge in [-0.15, -0.1) is 0 Å². The number of urea groups is 1. The zero-order valence-corrected chi connectivity index (χ0v) is 14.8. The molecule has 2 heterocycles. The van der Waals surface area contributed by atoms with Crippen LogP contribution >= 0.6 is 0 Å². The second-order valence-corrected chi connectivity index (χ2v) is 7.91. The molecule has 3 amide bonds. The number of fused-ring (bicyclic) bond motifs is 2. The smallest absolute Gasteiger partial charge is 0.317 e. The Morgan fingerprint density at radius 2 is 2.04 bits per heavy atom. The molecule has 0 radical (unpaired) electrons. The van der Waals surface area contributed by atoms with Gasteiger partial charge in [-0.25, -0.2) is 4.79 Å². The summed E-state index contributed by atoms with van der Waals surface area (Å²) >= 11 is 0. The van der Waals surface area contributed by atoms with E-state index in [0.29, 0.717) is 18.5 Å². The highest BCUT2D eigenvalue weighted by atomic mass is 16.2. The summed E-state index contributed by atoms with van der Waals surface area (Å²) in [7, 11) is 1.84. The molecule has 1 spiro atoms. The van der Waals surface area contributed by atoms with Crippen molar-refractivity contribution in [3.8, 4) is 0 Å². The molecule has 4 rings (SSSR count). The number of hydrogen-bond donors (Lipinski definition) is 1. The van der Waals surface area contributed by atoms with E-state index in [0.717, 1.165) is 44.5 Å². The highest BCUT2D eigenvalue weighted by Gasteiger charge is 2.60. The molecule has 3 atom stereocenters. The first-order valence-electron chi connectivity index (χ1n) is 9.47. The van der Waals surface area contributed by atoms with E-state index in [1.54, 1.807) is 4.90 Å². The second-order valence-electron chi connectivity index (χ2n) is 7.91. The van der Waals surface area contributed by atoms with Crippen LogP contribution in [0.3, 0.4) is 0 Å². The average molecular weight is 332 g/mol. The summed E-state index contributed by atoms with van der Waals surface area (Å²) in [5.74, 6) is 1.64. The maximum Gasteiger partial charge on any atom is 0.317 e. The molecule has 0 bridgehead atoms. The van der Waals surface area contributed by atoms with E-state index in [-0.39, 0.29) is 17.9 Å². The largest absolute Gasteiger partial charge is 0.335 e. The van der Waals surface area contributed by atoms with E-state index in [2.05, 4.69) is 5.32 Å². The van der Waals surface area contributed by atoms with Gasteiger partial charge in [0.1, 0.15) is 11.4 Å². The highest BCUT2D eigenvalue weighted by Crippen LogP contribution is 2.50. The van der Waals surface area contributed by atoms with Crippen molar-refractivity contribution in [1.82, 2.24) is 15.1 Å². The van der Waals surface area contributed by atoms with E-state index in [1.807, 2.05) is 18.9 Å². The molecule has 0 unspecified atom stereocenters. The lowest BCUT2D eigenvalue weighted by molar-refractivity contribution is -0.131. The van der Waals surface area contributed by atoms with E-state index < -0.39 is 5.54 Å². The van der Waals surface area contributed by atoms with Crippen molar-refractivity contribution >= 4 is 17.8 Å². The van der Waals surface area contributed by atoms with Crippen LogP contribution < -0.4 is 5.32 Å². The Labute approximate surface area is 143 Å². The van der Waals surface area contributed by atoms with Gasteiger partial charge in [-0.05, 0) is 31.6 Å². The Balaban J connectivity index is 1.48. The molecule has 6 heteroatoms. The van der Waals surface area contributed by atoms with Crippen LogP contribution in [0.4, 0.5) is 4.79 Å². The summed E-state index contributed by atoms with van der Waals surface area (Å²) in [5.41, 5.74) is -0.590. The van der Waals surface area contributed by atoms with Gasteiger partial charge in [0.25, 0.3) is 5.91 Å². The quantitative estimate of drug-likeness (QED) is 0.840. The summed E-state index contributed by atoms with van der Waals surface area (Å²) in [6.45, 7) is 3.49. The molecule has 0 aromatic rings. The third kappa shape index (κ3) is 2.25. The zero-order chi connectivity index (χ0) is 16.9. The number of nitrogens with zero attached hydrogens (tertiary/aromatic N) is 3. The Bertz CT molecular complexity index is 584. The third-order valence-electron chi connectivity index (χ3n) is 6.63. The zero-order valence-electron chi connectivity index (χ0n) is 14.8. The first-order chi connectivity index (χ1) is 11.5. The van der Waals surface area contributed by atoms with Gasteiger partial charge in [0.05, 0.1) is 0 Å². The van der Waals surface area contributed by atoms with Gasteiger partial charge < -0.3 is 15.1 Å². The summed E-state index contributed by atoms with van der Waals surface area (Å²) in [4.78, 5) is 34.0. The molecule has 2 aliphatic heterocycles. The number of carbonyl (C=O) groups is 2. The summed E-state index contributed by atoms with van der Waals surface area (Å²) in [6.07, 6.45) is 7.26. The fourth-order valence-electron chi connectivity index (χ4n) is 5.28. The molecule has 24 heavy (non-hydrogen) atoms. The molecule has 2 saturated carbocycles. The van der Waals surface area contributed by atoms with Crippen molar-refractivity contribution in [2.75, 3.05) is 20.1 Å². The minimum Gasteiger partial charge on any atom is -0.335 e. The number of hydrogen-bond acceptors (Lipinski definition) is 3. The van der Waals surface area contributed by atoms with Crippen LogP contribution in [-0.2, 0) is 4.79 Å². The number of aliphatic imine (C=N–C) groups is 1. The van der Waals surface area contributed by atoms with E-state index in [1.165, 1.54) is 12.8 Å². The number of nitrogens with one attached hydrogen (secondary N) is 1. The fraction of sp³-hybridized carbons (Fsp3) is 0.833. The number of likely N-dealkylation sites (tertiary alicyclic amines) is 1. The van der Waals surface area contributed by atoms with Crippen LogP contribution in [0.15, 0.2) is 4.99 Å². The lowest BCUT2D eigenvalue weighted by atomic mass is 9.85. The normalized spacial score (nSPS) is 35.9. The molecular formula is C18H28N4O2. The van der Waals surface area contributed by atoms with Crippen LogP contribution in [0.1, 0.15) is 51.9 Å². The monoisotopic (exact) mass is 332 g/mol. The number of amidine groups is 1. The lowest BCUT2D eigenvalue weighted by Gasteiger charge is -2.27. The number of amides is 3. The Morgan fingerprint density at radius 1 is 1.29 bits per heavy atom. The Kier molecular flexibility index (Phi) is 3.81. The van der Waals surface area contributed by atoms with Crippen molar-refractivity contribution in [2.24, 2.45) is 16.8 Å². The maximum absolute atomic E-state index is 12.9. The van der Waals surface area contributed by atoms with Crippen LogP contribution in [0.2, 0.25) is 0 Å². The van der Waals surface area contributed by atoms with Crippen LogP contribution in [-0.4, -0.2) is 59.3 Å². The predicted molar refractivity (Wildman–Crippen MR) is 91.8 cm³/mol. The second kappa shape index (κ2) is 5.74. The first-order valence-corrected chi connectivity index (χ1v) is 9.47. The van der Waals surface area contributed by atoms with Crippen LogP contribution in [0.25, 0.3) is 0 Å². The van der Waals surface area contributed by atoms with Crippen molar-refractivity contribution in [3.63, 3.8) is 0 Å². The summed E-state index contributed by atoms with van der Waals surface area (Å²) < 4.78 is 0. The standard InChI is InChI=1S/C18H28N4O2/c1-3-15-20-18(16(23)21(15)2)9-8-12-10-22(11-14(12)18)17(24)19-13-6-4-5-7-13/h12-14H,3-11H2,1-2H3,(H,19,24)/t12-,14-,18-/m1/s1.